The summed E-state index contributed by atoms with van der Waals surface area (Å²) in [7, 11) is -4.63. The molecule has 186 valence electrons. The Hall–Kier alpha value is -3.34. The number of pyridine rings is 1. The first-order valence-corrected chi connectivity index (χ1v) is 12.5. The van der Waals surface area contributed by atoms with Crippen LogP contribution in [0, 0.1) is 18.6 Å². The minimum absolute atomic E-state index is 0.0448. The lowest BCUT2D eigenvalue weighted by Crippen LogP contribution is -2.35. The molecule has 0 aliphatic carbocycles. The van der Waals surface area contributed by atoms with Gasteiger partial charge in [0.05, 0.1) is 18.2 Å². The fourth-order valence-corrected chi connectivity index (χ4v) is 5.02. The largest absolute Gasteiger partial charge is 0.475 e. The van der Waals surface area contributed by atoms with Gasteiger partial charge in [-0.3, -0.25) is 9.48 Å². The lowest BCUT2D eigenvalue weighted by Gasteiger charge is -2.25. The van der Waals surface area contributed by atoms with Gasteiger partial charge in [0, 0.05) is 17.8 Å². The van der Waals surface area contributed by atoms with Gasteiger partial charge in [-0.25, -0.2) is 18.5 Å². The smallest absolute Gasteiger partial charge is 0.286 e. The maximum Gasteiger partial charge on any atom is 0.286 e. The molecule has 0 spiro atoms. The van der Waals surface area contributed by atoms with E-state index in [0.29, 0.717) is 22.3 Å². The number of benzene rings is 1. The number of aryl methyl sites for hydroxylation is 1. The van der Waals surface area contributed by atoms with E-state index in [1.54, 1.807) is 39.0 Å². The van der Waals surface area contributed by atoms with Gasteiger partial charge in [-0.2, -0.15) is 13.5 Å². The number of fused-ring (bicyclic) bond motifs is 6. The Morgan fingerprint density at radius 1 is 1.23 bits per heavy atom. The number of hydrogen-bond acceptors (Lipinski definition) is 6. The number of ether oxygens (including phenoxy) is 1. The van der Waals surface area contributed by atoms with E-state index < -0.39 is 44.6 Å². The summed E-state index contributed by atoms with van der Waals surface area (Å²) in [5.41, 5.74) is 1.01. The molecular formula is C24H26F2N4O4S. The molecule has 8 nitrogen and oxygen atoms in total. The topological polar surface area (TPSA) is 103 Å². The molecule has 1 aliphatic rings. The van der Waals surface area contributed by atoms with Gasteiger partial charge in [0.25, 0.3) is 10.0 Å². The summed E-state index contributed by atoms with van der Waals surface area (Å²) in [5, 5.41) is 2.98. The molecule has 1 aliphatic heterocycles. The molecule has 1 aromatic carbocycles. The van der Waals surface area contributed by atoms with Crippen molar-refractivity contribution in [3.63, 3.8) is 0 Å². The summed E-state index contributed by atoms with van der Waals surface area (Å²) in [6.07, 6.45) is 1.95. The van der Waals surface area contributed by atoms with Gasteiger partial charge < -0.3 is 4.74 Å². The Morgan fingerprint density at radius 2 is 1.94 bits per heavy atom. The van der Waals surface area contributed by atoms with E-state index in [1.807, 2.05) is 18.6 Å². The molecule has 0 fully saturated rings. The third kappa shape index (κ3) is 4.64. The Labute approximate surface area is 202 Å². The number of halogens is 2. The highest BCUT2D eigenvalue weighted by Crippen LogP contribution is 2.36. The fraction of sp³-hybridized carbons (Fsp3) is 0.375. The quantitative estimate of drug-likeness (QED) is 0.540. The molecule has 3 aromatic rings. The molecule has 35 heavy (non-hydrogen) atoms. The maximum absolute atomic E-state index is 15.5. The van der Waals surface area contributed by atoms with Crippen LogP contribution in [0.25, 0.3) is 11.1 Å². The molecule has 3 heterocycles. The zero-order valence-electron chi connectivity index (χ0n) is 20.0. The van der Waals surface area contributed by atoms with E-state index in [-0.39, 0.29) is 24.0 Å². The highest BCUT2D eigenvalue weighted by Gasteiger charge is 2.32. The minimum Gasteiger partial charge on any atom is -0.475 e. The average molecular weight is 505 g/mol. The minimum atomic E-state index is -4.63. The Balaban J connectivity index is 1.97. The lowest BCUT2D eigenvalue weighted by atomic mass is 9.86. The molecule has 0 saturated heterocycles. The van der Waals surface area contributed by atoms with Crippen LogP contribution < -0.4 is 9.46 Å². The summed E-state index contributed by atoms with van der Waals surface area (Å²) < 4.78 is 64.7. The normalized spacial score (nSPS) is 17.1. The molecule has 1 amide bonds. The van der Waals surface area contributed by atoms with E-state index >= 15 is 4.39 Å². The highest BCUT2D eigenvalue weighted by molar-refractivity contribution is 7.90. The van der Waals surface area contributed by atoms with Crippen LogP contribution in [0.4, 0.5) is 8.78 Å². The molecule has 4 bridgehead atoms. The van der Waals surface area contributed by atoms with Gasteiger partial charge in [0.2, 0.25) is 16.8 Å². The van der Waals surface area contributed by atoms with Crippen molar-refractivity contribution in [3.8, 4) is 17.0 Å². The van der Waals surface area contributed by atoms with Crippen molar-refractivity contribution in [1.82, 2.24) is 19.5 Å². The number of hydrogen-bond donors (Lipinski definition) is 1. The number of amides is 1. The van der Waals surface area contributed by atoms with E-state index in [2.05, 4.69) is 10.1 Å². The van der Waals surface area contributed by atoms with Crippen molar-refractivity contribution in [2.75, 3.05) is 6.61 Å². The summed E-state index contributed by atoms with van der Waals surface area (Å²) >= 11 is 0. The second-order valence-electron chi connectivity index (χ2n) is 9.52. The molecular weight excluding hydrogens is 478 g/mol. The van der Waals surface area contributed by atoms with E-state index in [4.69, 9.17) is 4.74 Å². The van der Waals surface area contributed by atoms with E-state index in [9.17, 15) is 17.6 Å². The third-order valence-corrected chi connectivity index (χ3v) is 7.19. The number of nitrogens with one attached hydrogen (secondary N) is 1. The van der Waals surface area contributed by atoms with Crippen LogP contribution in [0.2, 0.25) is 0 Å². The van der Waals surface area contributed by atoms with Crippen molar-refractivity contribution in [3.05, 3.63) is 58.9 Å². The van der Waals surface area contributed by atoms with Crippen molar-refractivity contribution in [2.24, 2.45) is 0 Å². The number of carbonyl (C=O) groups excluding carboxylic acids is 1. The van der Waals surface area contributed by atoms with Gasteiger partial charge in [0.1, 0.15) is 12.4 Å². The zero-order valence-corrected chi connectivity index (χ0v) is 20.8. The second-order valence-corrected chi connectivity index (χ2v) is 11.1. The van der Waals surface area contributed by atoms with Gasteiger partial charge >= 0.3 is 0 Å². The van der Waals surface area contributed by atoms with Gasteiger partial charge in [0.15, 0.2) is 5.82 Å². The second kappa shape index (κ2) is 8.71. The fourth-order valence-electron chi connectivity index (χ4n) is 4.05. The molecule has 1 N–H and O–H groups in total. The molecule has 2 aromatic heterocycles. The highest BCUT2D eigenvalue weighted by atomic mass is 32.2. The molecule has 4 rings (SSSR count). The van der Waals surface area contributed by atoms with Crippen LogP contribution in [0.1, 0.15) is 50.3 Å². The molecule has 11 heteroatoms. The molecule has 0 radical (unpaired) electrons. The zero-order chi connectivity index (χ0) is 25.7. The van der Waals surface area contributed by atoms with Gasteiger partial charge in [-0.05, 0) is 55.0 Å². The van der Waals surface area contributed by atoms with Gasteiger partial charge in [-0.15, -0.1) is 0 Å². The van der Waals surface area contributed by atoms with Crippen LogP contribution >= 0.6 is 0 Å². The third-order valence-electron chi connectivity index (χ3n) is 5.91. The van der Waals surface area contributed by atoms with Crippen molar-refractivity contribution >= 4 is 15.9 Å². The number of aromatic nitrogens is 3. The van der Waals surface area contributed by atoms with Crippen molar-refractivity contribution in [1.29, 1.82) is 0 Å². The maximum atomic E-state index is 15.5. The number of nitrogens with zero attached hydrogens (tertiary/aromatic N) is 3. The Kier molecular flexibility index (Phi) is 6.16. The van der Waals surface area contributed by atoms with E-state index in [1.165, 1.54) is 6.20 Å². The van der Waals surface area contributed by atoms with Crippen LogP contribution in [0.5, 0.6) is 5.88 Å². The SMILES string of the molecule is Cc1cc(C(C)C)c2c(c1F)-c1ccnc(c1)OCC(C)(C)n1cc(F)c(n1)S(=O)(=O)NC(=O)C2. The van der Waals surface area contributed by atoms with Crippen molar-refractivity contribution < 1.29 is 26.7 Å². The van der Waals surface area contributed by atoms with Crippen LogP contribution in [-0.2, 0) is 26.8 Å². The first-order chi connectivity index (χ1) is 16.3. The monoisotopic (exact) mass is 504 g/mol. The predicted octanol–water partition coefficient (Wildman–Crippen LogP) is 3.83. The molecule has 0 atom stereocenters. The first-order valence-electron chi connectivity index (χ1n) is 11.0. The molecule has 0 unspecified atom stereocenters. The van der Waals surface area contributed by atoms with Crippen LogP contribution in [-0.4, -0.2) is 35.7 Å². The summed E-state index contributed by atoms with van der Waals surface area (Å²) in [4.78, 5) is 17.1. The summed E-state index contributed by atoms with van der Waals surface area (Å²) in [5.74, 6) is -2.50. The van der Waals surface area contributed by atoms with Crippen LogP contribution in [0.3, 0.4) is 0 Å². The van der Waals surface area contributed by atoms with E-state index in [0.717, 1.165) is 10.9 Å². The lowest BCUT2D eigenvalue weighted by molar-refractivity contribution is -0.118. The van der Waals surface area contributed by atoms with Crippen molar-refractivity contribution in [2.45, 2.75) is 57.5 Å². The Morgan fingerprint density at radius 3 is 2.63 bits per heavy atom. The summed E-state index contributed by atoms with van der Waals surface area (Å²) in [6.45, 7) is 8.70. The Bertz CT molecular complexity index is 1430. The summed E-state index contributed by atoms with van der Waals surface area (Å²) in [6, 6.07) is 4.81. The number of sulfonamides is 1. The van der Waals surface area contributed by atoms with Crippen LogP contribution in [0.15, 0.2) is 35.6 Å². The first kappa shape index (κ1) is 24.8. The van der Waals surface area contributed by atoms with Gasteiger partial charge in [-0.1, -0.05) is 19.9 Å². The predicted molar refractivity (Wildman–Crippen MR) is 124 cm³/mol. The number of carbonyl (C=O) groups is 1. The number of rotatable bonds is 1. The molecule has 0 saturated carbocycles. The average Bonchev–Trinajstić information content (AvgIpc) is 3.17. The standard InChI is InChI=1S/C24H26F2N4O4S/c1-13(2)16-8-14(3)22(26)21-15-6-7-27-20(9-15)34-12-24(4,5)30-11-18(25)23(28-30)35(32,33)29-19(31)10-17(16)21/h6-9,11,13H,10,12H2,1-5H3,(H,29,31).